The van der Waals surface area contributed by atoms with Crippen molar-refractivity contribution in [2.75, 3.05) is 63.4 Å². The molecular formula is C69H92Cl2N4O9S2. The summed E-state index contributed by atoms with van der Waals surface area (Å²) in [6.07, 6.45) is 16.1. The zero-order valence-corrected chi connectivity index (χ0v) is 55.1. The fourth-order valence-corrected chi connectivity index (χ4v) is 19.6. The van der Waals surface area contributed by atoms with Crippen LogP contribution in [0.5, 0.6) is 11.5 Å². The van der Waals surface area contributed by atoms with Crippen LogP contribution in [0.15, 0.2) is 72.8 Å². The van der Waals surface area contributed by atoms with Crippen molar-refractivity contribution in [3.8, 4) is 11.5 Å². The Balaban J connectivity index is 0.000000179. The van der Waals surface area contributed by atoms with E-state index < -0.39 is 30.9 Å². The van der Waals surface area contributed by atoms with Gasteiger partial charge in [0.25, 0.3) is 11.8 Å². The lowest BCUT2D eigenvalue weighted by Crippen LogP contribution is -2.52. The van der Waals surface area contributed by atoms with Gasteiger partial charge in [-0.15, -0.1) is 0 Å². The number of sulfonamides is 1. The molecule has 8 aliphatic rings. The van der Waals surface area contributed by atoms with Crippen molar-refractivity contribution in [3.05, 3.63) is 116 Å². The number of carbonyl (C=O) groups is 2. The van der Waals surface area contributed by atoms with Crippen LogP contribution < -0.4 is 28.7 Å². The van der Waals surface area contributed by atoms with Gasteiger partial charge in [-0.05, 0) is 242 Å². The molecule has 17 heteroatoms. The first-order valence-corrected chi connectivity index (χ1v) is 35.9. The molecule has 468 valence electrons. The predicted octanol–water partition coefficient (Wildman–Crippen LogP) is 13.3. The van der Waals surface area contributed by atoms with Crippen LogP contribution in [0.4, 0.5) is 11.4 Å². The normalized spacial score (nSPS) is 35.3. The van der Waals surface area contributed by atoms with E-state index in [-0.39, 0.29) is 45.0 Å². The molecule has 0 radical (unpaired) electrons. The SMILES string of the molecule is C=S1(=O)NC(=O)c2ccc3c(c2)N(C[C@@H]2CC[C@H]2[C@](C)(OC)CCC[C@H](C)[C@H]1C)C[C@@]1(CCCc2cc(Cl)ccc21)CO3.CO[C@@]1(C)CCC[C@H](C)[C@@H](C)S(=O)(=O)NC(=O)c2ccc3c(c2)N(C[C@@H]2CC[C@H]21)C[C@@]1(CCCc2cc(Cl)ccc21)CO3. The molecular weight excluding hydrogens is 1160 g/mol. The largest absolute Gasteiger partial charge is 0.490 e. The van der Waals surface area contributed by atoms with Crippen molar-refractivity contribution in [1.29, 1.82) is 0 Å². The second kappa shape index (κ2) is 24.7. The molecule has 4 aromatic carbocycles. The molecule has 4 aliphatic heterocycles. The number of hydrogen-bond donors (Lipinski definition) is 2. The Bertz CT molecular complexity index is 3220. The molecule has 1 unspecified atom stereocenters. The third-order valence-corrected chi connectivity index (χ3v) is 27.3. The highest BCUT2D eigenvalue weighted by atomic mass is 35.5. The van der Waals surface area contributed by atoms with Gasteiger partial charge in [0.05, 0.1) is 50.7 Å². The molecule has 2 spiro atoms. The molecule has 12 rings (SSSR count). The second-order valence-corrected chi connectivity index (χ2v) is 33.1. The van der Waals surface area contributed by atoms with Gasteiger partial charge >= 0.3 is 0 Å². The zero-order chi connectivity index (χ0) is 61.1. The summed E-state index contributed by atoms with van der Waals surface area (Å²) in [4.78, 5) is 31.9. The molecule has 4 bridgehead atoms. The number of aryl methyl sites for hydroxylation is 2. The third kappa shape index (κ3) is 12.3. The molecule has 13 nitrogen and oxygen atoms in total. The maximum atomic E-state index is 13.7. The number of amides is 2. The minimum atomic E-state index is -3.87. The zero-order valence-electron chi connectivity index (χ0n) is 52.0. The van der Waals surface area contributed by atoms with Gasteiger partial charge in [0.15, 0.2) is 0 Å². The first kappa shape index (κ1) is 63.1. The number of fused-ring (bicyclic) bond motifs is 8. The molecule has 2 amide bonds. The molecule has 0 saturated heterocycles. The van der Waals surface area contributed by atoms with E-state index in [0.29, 0.717) is 48.0 Å². The molecule has 4 aromatic rings. The summed E-state index contributed by atoms with van der Waals surface area (Å²) in [6.45, 7) is 16.6. The monoisotopic (exact) mass is 1250 g/mol. The molecule has 2 saturated carbocycles. The Morgan fingerprint density at radius 3 is 1.44 bits per heavy atom. The number of ether oxygens (including phenoxy) is 4. The number of nitrogens with one attached hydrogen (secondary N) is 2. The van der Waals surface area contributed by atoms with Crippen molar-refractivity contribution in [2.24, 2.45) is 35.5 Å². The highest BCUT2D eigenvalue weighted by molar-refractivity contribution is 7.99. The van der Waals surface area contributed by atoms with Crippen molar-refractivity contribution >= 4 is 72.0 Å². The summed E-state index contributed by atoms with van der Waals surface area (Å²) in [5.41, 5.74) is 6.88. The number of anilines is 2. The quantitative estimate of drug-likeness (QED) is 0.184. The topological polar surface area (TPSA) is 153 Å². The van der Waals surface area contributed by atoms with Crippen LogP contribution in [-0.2, 0) is 52.9 Å². The molecule has 2 fully saturated rings. The first-order valence-electron chi connectivity index (χ1n) is 31.9. The Morgan fingerprint density at radius 1 is 0.570 bits per heavy atom. The molecule has 0 aromatic heterocycles. The maximum Gasteiger partial charge on any atom is 0.264 e. The van der Waals surface area contributed by atoms with E-state index in [9.17, 15) is 22.2 Å². The summed E-state index contributed by atoms with van der Waals surface area (Å²) >= 11 is 12.9. The summed E-state index contributed by atoms with van der Waals surface area (Å²) in [6, 6.07) is 23.6. The van der Waals surface area contributed by atoms with E-state index in [1.165, 1.54) is 22.3 Å². The van der Waals surface area contributed by atoms with Crippen molar-refractivity contribution in [1.82, 2.24) is 9.44 Å². The smallest absolute Gasteiger partial charge is 0.264 e. The standard InChI is InChI=1S/C35H47ClN2O4S.C34H45ClN2O5S/c1-23-8-6-16-34(3,41-4)29-13-10-27(29)20-38-21-35(17-7-9-25-18-28(36)12-14-30(25)35)22-42-32-15-11-26(19-31(32)38)33(39)37-43(5,40)24(23)2;1-22-7-5-15-33(3,41-4)28-12-9-26(28)19-37-20-34(16-6-8-24-17-27(35)11-13-29(24)34)21-42-31-14-10-25(18-30(31)37)32(38)36-43(39,40)23(22)2/h11-12,14-15,18-19,23-24,27,29H,5-10,13,16-17,20-22H2,1-4H3,(H,37,39,40);10-11,13-14,17-18,22-23,26,28H,5-9,12,15-16,19-21H2,1-4H3,(H,36,38)/t23-,24+,27-,29+,34+,35-,43?;22-,23+,26-,28+,33-,34-/m00/s1. The Kier molecular flexibility index (Phi) is 18.1. The van der Waals surface area contributed by atoms with E-state index in [4.69, 9.17) is 42.1 Å². The second-order valence-electron chi connectivity index (χ2n) is 27.8. The molecule has 13 atom stereocenters. The highest BCUT2D eigenvalue weighted by Crippen LogP contribution is 2.52. The number of hydrogen-bond acceptors (Lipinski definition) is 11. The summed E-state index contributed by atoms with van der Waals surface area (Å²) in [5.74, 6) is 6.39. The Labute approximate surface area is 522 Å². The van der Waals surface area contributed by atoms with Crippen LogP contribution in [0, 0.1) is 35.5 Å². The van der Waals surface area contributed by atoms with Crippen LogP contribution in [0.1, 0.15) is 174 Å². The van der Waals surface area contributed by atoms with E-state index >= 15 is 0 Å². The first-order chi connectivity index (χ1) is 40.9. The summed E-state index contributed by atoms with van der Waals surface area (Å²) < 4.78 is 71.3. The Morgan fingerprint density at radius 2 is 1.01 bits per heavy atom. The fourth-order valence-electron chi connectivity index (χ4n) is 16.4. The molecule has 4 aliphatic carbocycles. The summed E-state index contributed by atoms with van der Waals surface area (Å²) in [7, 11) is -3.05. The average molecular weight is 1260 g/mol. The number of methoxy groups -OCH3 is 2. The van der Waals surface area contributed by atoms with Gasteiger partial charge in [-0.1, -0.05) is 62.0 Å². The number of nitrogens with zero attached hydrogens (tertiary/aromatic N) is 2. The molecule has 86 heavy (non-hydrogen) atoms. The van der Waals surface area contributed by atoms with Crippen LogP contribution >= 0.6 is 23.2 Å². The van der Waals surface area contributed by atoms with Gasteiger partial charge in [0.2, 0.25) is 10.0 Å². The fraction of sp³-hybridized carbons (Fsp3) is 0.609. The van der Waals surface area contributed by atoms with Gasteiger partial charge < -0.3 is 28.7 Å². The minimum Gasteiger partial charge on any atom is -0.490 e. The van der Waals surface area contributed by atoms with Crippen LogP contribution in [0.3, 0.4) is 0 Å². The highest BCUT2D eigenvalue weighted by Gasteiger charge is 2.50. The van der Waals surface area contributed by atoms with Crippen LogP contribution in [-0.4, -0.2) is 106 Å². The lowest BCUT2D eigenvalue weighted by atomic mass is 9.63. The van der Waals surface area contributed by atoms with E-state index in [1.54, 1.807) is 19.1 Å². The lowest BCUT2D eigenvalue weighted by Gasteiger charge is -2.50. The number of rotatable bonds is 2. The van der Waals surface area contributed by atoms with Gasteiger partial charge in [-0.2, -0.15) is 0 Å². The minimum absolute atomic E-state index is 0.100. The van der Waals surface area contributed by atoms with E-state index in [1.807, 2.05) is 64.5 Å². The van der Waals surface area contributed by atoms with Gasteiger partial charge in [0, 0.05) is 77.7 Å². The van der Waals surface area contributed by atoms with Gasteiger partial charge in [-0.3, -0.25) is 14.3 Å². The van der Waals surface area contributed by atoms with E-state index in [0.717, 1.165) is 162 Å². The number of carbonyl (C=O) groups excluding carboxylic acids is 2. The number of benzene rings is 4. The maximum absolute atomic E-state index is 13.7. The van der Waals surface area contributed by atoms with Gasteiger partial charge in [-0.25, -0.2) is 17.3 Å². The third-order valence-electron chi connectivity index (χ3n) is 22.7. The van der Waals surface area contributed by atoms with Crippen molar-refractivity contribution < 1.29 is 41.2 Å². The summed E-state index contributed by atoms with van der Waals surface area (Å²) in [5, 5.41) is 0.574. The lowest BCUT2D eigenvalue weighted by molar-refractivity contribution is -0.103. The Hall–Kier alpha value is -4.51. The van der Waals surface area contributed by atoms with Crippen LogP contribution in [0.2, 0.25) is 10.0 Å². The van der Waals surface area contributed by atoms with Crippen molar-refractivity contribution in [2.45, 2.75) is 177 Å². The molecule has 4 heterocycles. The van der Waals surface area contributed by atoms with Gasteiger partial charge in [0.1, 0.15) is 11.5 Å². The number of halogens is 2. The molecule has 2 N–H and O–H groups in total. The predicted molar refractivity (Wildman–Crippen MR) is 348 cm³/mol. The van der Waals surface area contributed by atoms with Crippen molar-refractivity contribution in [3.63, 3.8) is 0 Å². The van der Waals surface area contributed by atoms with Crippen LogP contribution in [0.25, 0.3) is 0 Å². The van der Waals surface area contributed by atoms with E-state index in [2.05, 4.69) is 70.2 Å². The average Bonchev–Trinajstić information content (AvgIpc) is 1.54.